The number of aryl methyl sites for hydroxylation is 1. The van der Waals surface area contributed by atoms with Crippen molar-refractivity contribution < 1.29 is 18.5 Å². The number of carbonyl (C=O) groups is 2. The van der Waals surface area contributed by atoms with Crippen LogP contribution in [0.15, 0.2) is 28.8 Å². The third-order valence-electron chi connectivity index (χ3n) is 4.16. The van der Waals surface area contributed by atoms with E-state index in [4.69, 9.17) is 16.1 Å². The molecule has 6 nitrogen and oxygen atoms in total. The first kappa shape index (κ1) is 18.7. The van der Waals surface area contributed by atoms with E-state index in [1.54, 1.807) is 19.1 Å². The summed E-state index contributed by atoms with van der Waals surface area (Å²) in [6.45, 7) is 1.76. The van der Waals surface area contributed by atoms with E-state index in [0.717, 1.165) is 0 Å². The van der Waals surface area contributed by atoms with Gasteiger partial charge in [0.05, 0.1) is 17.3 Å². The van der Waals surface area contributed by atoms with Crippen LogP contribution in [0, 0.1) is 12.7 Å². The zero-order valence-corrected chi connectivity index (χ0v) is 15.6. The Morgan fingerprint density at radius 2 is 2.23 bits per heavy atom. The summed E-state index contributed by atoms with van der Waals surface area (Å²) in [6.07, 6.45) is 0.571. The molecule has 1 saturated heterocycles. The standard InChI is InChI=1S/C17H17ClFN3O3S/c1-10-11(16(18)25-21-10)6-7-15(23)22-9-26-8-14(22)17(24)20-13-5-3-2-4-12(13)19/h2-5,14H,6-9H2,1H3,(H,20,24). The number of anilines is 1. The van der Waals surface area contributed by atoms with Crippen molar-refractivity contribution >= 4 is 40.9 Å². The highest BCUT2D eigenvalue weighted by Gasteiger charge is 2.34. The van der Waals surface area contributed by atoms with Crippen molar-refractivity contribution in [1.29, 1.82) is 0 Å². The van der Waals surface area contributed by atoms with Crippen LogP contribution in [0.4, 0.5) is 10.1 Å². The average Bonchev–Trinajstić information content (AvgIpc) is 3.22. The van der Waals surface area contributed by atoms with Gasteiger partial charge >= 0.3 is 0 Å². The number of carbonyl (C=O) groups excluding carboxylic acids is 2. The molecule has 0 bridgehead atoms. The molecule has 1 aliphatic heterocycles. The highest BCUT2D eigenvalue weighted by molar-refractivity contribution is 7.99. The first-order valence-electron chi connectivity index (χ1n) is 8.00. The number of rotatable bonds is 5. The van der Waals surface area contributed by atoms with Crippen molar-refractivity contribution in [2.45, 2.75) is 25.8 Å². The van der Waals surface area contributed by atoms with Gasteiger partial charge < -0.3 is 14.7 Å². The predicted octanol–water partition coefficient (Wildman–Crippen LogP) is 3.25. The van der Waals surface area contributed by atoms with Gasteiger partial charge in [0, 0.05) is 17.7 Å². The number of hydrogen-bond acceptors (Lipinski definition) is 5. The minimum atomic E-state index is -0.633. The highest BCUT2D eigenvalue weighted by atomic mass is 35.5. The van der Waals surface area contributed by atoms with Crippen LogP contribution in [-0.4, -0.2) is 39.5 Å². The van der Waals surface area contributed by atoms with Crippen molar-refractivity contribution in [2.75, 3.05) is 16.9 Å². The van der Waals surface area contributed by atoms with Gasteiger partial charge in [-0.3, -0.25) is 9.59 Å². The Hall–Kier alpha value is -2.06. The number of para-hydroxylation sites is 1. The van der Waals surface area contributed by atoms with Crippen molar-refractivity contribution in [3.8, 4) is 0 Å². The molecule has 1 N–H and O–H groups in total. The number of nitrogens with one attached hydrogen (secondary N) is 1. The number of hydrogen-bond donors (Lipinski definition) is 1. The zero-order valence-electron chi connectivity index (χ0n) is 14.0. The summed E-state index contributed by atoms with van der Waals surface area (Å²) in [6, 6.07) is 5.30. The lowest BCUT2D eigenvalue weighted by molar-refractivity contribution is -0.136. The fourth-order valence-corrected chi connectivity index (χ4v) is 4.15. The van der Waals surface area contributed by atoms with Crippen LogP contribution in [-0.2, 0) is 16.0 Å². The summed E-state index contributed by atoms with van der Waals surface area (Å²) in [5.74, 6) is -0.182. The molecule has 1 aromatic carbocycles. The van der Waals surface area contributed by atoms with Gasteiger partial charge in [-0.15, -0.1) is 11.8 Å². The molecule has 1 aliphatic rings. The van der Waals surface area contributed by atoms with Gasteiger partial charge in [0.1, 0.15) is 11.9 Å². The fourth-order valence-electron chi connectivity index (χ4n) is 2.70. The Balaban J connectivity index is 1.63. The molecular formula is C17H17ClFN3O3S. The Labute approximate surface area is 159 Å². The fraction of sp³-hybridized carbons (Fsp3) is 0.353. The number of thioether (sulfide) groups is 1. The maximum Gasteiger partial charge on any atom is 0.248 e. The van der Waals surface area contributed by atoms with Gasteiger partial charge in [-0.05, 0) is 37.1 Å². The maximum atomic E-state index is 13.7. The second-order valence-electron chi connectivity index (χ2n) is 5.87. The maximum absolute atomic E-state index is 13.7. The van der Waals surface area contributed by atoms with Crippen molar-refractivity contribution in [1.82, 2.24) is 10.1 Å². The second-order valence-corrected chi connectivity index (χ2v) is 7.21. The SMILES string of the molecule is Cc1noc(Cl)c1CCC(=O)N1CSCC1C(=O)Nc1ccccc1F. The van der Waals surface area contributed by atoms with E-state index in [2.05, 4.69) is 10.5 Å². The minimum Gasteiger partial charge on any atom is -0.344 e. The number of halogens is 2. The average molecular weight is 398 g/mol. The van der Waals surface area contributed by atoms with Crippen LogP contribution < -0.4 is 5.32 Å². The van der Waals surface area contributed by atoms with Crippen LogP contribution in [0.5, 0.6) is 0 Å². The monoisotopic (exact) mass is 397 g/mol. The Morgan fingerprint density at radius 1 is 1.46 bits per heavy atom. The Morgan fingerprint density at radius 3 is 2.92 bits per heavy atom. The third-order valence-corrected chi connectivity index (χ3v) is 5.47. The van der Waals surface area contributed by atoms with Gasteiger partial charge in [-0.2, -0.15) is 0 Å². The molecular weight excluding hydrogens is 381 g/mol. The first-order valence-corrected chi connectivity index (χ1v) is 9.54. The predicted molar refractivity (Wildman–Crippen MR) is 97.6 cm³/mol. The van der Waals surface area contributed by atoms with Crippen molar-refractivity contribution in [2.24, 2.45) is 0 Å². The van der Waals surface area contributed by atoms with Crippen LogP contribution in [0.3, 0.4) is 0 Å². The summed E-state index contributed by atoms with van der Waals surface area (Å²) >= 11 is 7.40. The van der Waals surface area contributed by atoms with Gasteiger partial charge in [-0.25, -0.2) is 4.39 Å². The molecule has 138 valence electrons. The van der Waals surface area contributed by atoms with Gasteiger partial charge in [0.25, 0.3) is 0 Å². The molecule has 0 aliphatic carbocycles. The molecule has 26 heavy (non-hydrogen) atoms. The topological polar surface area (TPSA) is 75.4 Å². The van der Waals surface area contributed by atoms with E-state index >= 15 is 0 Å². The van der Waals surface area contributed by atoms with Crippen molar-refractivity contribution in [3.05, 3.63) is 46.6 Å². The lowest BCUT2D eigenvalue weighted by atomic mass is 10.1. The number of benzene rings is 1. The molecule has 0 radical (unpaired) electrons. The number of amides is 2. The molecule has 1 unspecified atom stereocenters. The number of aromatic nitrogens is 1. The number of nitrogens with zero attached hydrogens (tertiary/aromatic N) is 2. The van der Waals surface area contributed by atoms with Crippen LogP contribution in [0.2, 0.25) is 5.22 Å². The van der Waals surface area contributed by atoms with Gasteiger partial charge in [0.2, 0.25) is 17.0 Å². The molecule has 0 saturated carbocycles. The van der Waals surface area contributed by atoms with Crippen molar-refractivity contribution in [3.63, 3.8) is 0 Å². The summed E-state index contributed by atoms with van der Waals surface area (Å²) in [7, 11) is 0. The highest BCUT2D eigenvalue weighted by Crippen LogP contribution is 2.25. The van der Waals surface area contributed by atoms with Crippen LogP contribution >= 0.6 is 23.4 Å². The zero-order chi connectivity index (χ0) is 18.7. The van der Waals surface area contributed by atoms with E-state index < -0.39 is 17.8 Å². The molecule has 2 aromatic rings. The Bertz CT molecular complexity index is 810. The third kappa shape index (κ3) is 4.02. The summed E-state index contributed by atoms with van der Waals surface area (Å²) in [5, 5.41) is 6.49. The molecule has 1 fully saturated rings. The lowest BCUT2D eigenvalue weighted by Crippen LogP contribution is -2.44. The summed E-state index contributed by atoms with van der Waals surface area (Å²) in [4.78, 5) is 26.6. The van der Waals surface area contributed by atoms with E-state index in [1.807, 2.05) is 0 Å². The van der Waals surface area contributed by atoms with E-state index in [9.17, 15) is 14.0 Å². The van der Waals surface area contributed by atoms with Crippen LogP contribution in [0.1, 0.15) is 17.7 Å². The largest absolute Gasteiger partial charge is 0.344 e. The van der Waals surface area contributed by atoms with E-state index in [-0.39, 0.29) is 23.2 Å². The smallest absolute Gasteiger partial charge is 0.248 e. The molecule has 2 amide bonds. The molecule has 9 heteroatoms. The Kier molecular flexibility index (Phi) is 5.83. The molecule has 3 rings (SSSR count). The molecule has 1 atom stereocenters. The van der Waals surface area contributed by atoms with Crippen LogP contribution in [0.25, 0.3) is 0 Å². The van der Waals surface area contributed by atoms with E-state index in [1.165, 1.54) is 28.8 Å². The minimum absolute atomic E-state index is 0.105. The van der Waals surface area contributed by atoms with Gasteiger partial charge in [0.15, 0.2) is 0 Å². The molecule has 0 spiro atoms. The quantitative estimate of drug-likeness (QED) is 0.838. The first-order chi connectivity index (χ1) is 12.5. The summed E-state index contributed by atoms with van der Waals surface area (Å²) in [5.41, 5.74) is 1.44. The van der Waals surface area contributed by atoms with E-state index in [0.29, 0.717) is 29.3 Å². The lowest BCUT2D eigenvalue weighted by Gasteiger charge is -2.23. The normalized spacial score (nSPS) is 16.7. The molecule has 2 heterocycles. The second kappa shape index (κ2) is 8.09. The summed E-state index contributed by atoms with van der Waals surface area (Å²) < 4.78 is 18.6. The molecule has 1 aromatic heterocycles. The van der Waals surface area contributed by atoms with Gasteiger partial charge in [-0.1, -0.05) is 17.3 Å².